The van der Waals surface area contributed by atoms with E-state index in [-0.39, 0.29) is 23.3 Å². The number of piperidine rings is 1. The van der Waals surface area contributed by atoms with Gasteiger partial charge in [-0.1, -0.05) is 0 Å². The number of carbonyl (C=O) groups excluding carboxylic acids is 2. The summed E-state index contributed by atoms with van der Waals surface area (Å²) in [5.41, 5.74) is -0.114. The van der Waals surface area contributed by atoms with E-state index in [1.807, 2.05) is 22.6 Å². The average molecular weight is 391 g/mol. The number of likely N-dealkylation sites (tertiary alicyclic amines) is 1. The van der Waals surface area contributed by atoms with Crippen LogP contribution in [0.25, 0.3) is 0 Å². The molecule has 28 heavy (non-hydrogen) atoms. The van der Waals surface area contributed by atoms with Crippen molar-refractivity contribution in [3.05, 3.63) is 18.2 Å². The zero-order valence-corrected chi connectivity index (χ0v) is 16.7. The SMILES string of the molecule is CCn1ccnc1C(=O)N1CCC(C2(NC(=O)C3CCCC(F)C3)CC2)CC1. The van der Waals surface area contributed by atoms with Crippen LogP contribution in [0.3, 0.4) is 0 Å². The Balaban J connectivity index is 1.32. The lowest BCUT2D eigenvalue weighted by Crippen LogP contribution is -2.50. The van der Waals surface area contributed by atoms with Crippen LogP contribution < -0.4 is 5.32 Å². The number of halogens is 1. The topological polar surface area (TPSA) is 67.2 Å². The Labute approximate surface area is 165 Å². The van der Waals surface area contributed by atoms with Crippen molar-refractivity contribution in [2.45, 2.75) is 76.5 Å². The lowest BCUT2D eigenvalue weighted by Gasteiger charge is -2.37. The van der Waals surface area contributed by atoms with Crippen molar-refractivity contribution in [3.63, 3.8) is 0 Å². The molecule has 2 atom stereocenters. The molecule has 2 saturated carbocycles. The van der Waals surface area contributed by atoms with Crippen LogP contribution in [0.5, 0.6) is 0 Å². The minimum absolute atomic E-state index is 0.00428. The van der Waals surface area contributed by atoms with E-state index in [4.69, 9.17) is 0 Å². The molecule has 3 aliphatic rings. The van der Waals surface area contributed by atoms with Gasteiger partial charge in [0.1, 0.15) is 6.17 Å². The molecule has 7 heteroatoms. The molecule has 0 bridgehead atoms. The predicted molar refractivity (Wildman–Crippen MR) is 103 cm³/mol. The van der Waals surface area contributed by atoms with Gasteiger partial charge in [-0.3, -0.25) is 9.59 Å². The van der Waals surface area contributed by atoms with Crippen molar-refractivity contribution in [1.82, 2.24) is 19.8 Å². The van der Waals surface area contributed by atoms with Gasteiger partial charge in [0, 0.05) is 43.5 Å². The number of imidazole rings is 1. The number of hydrogen-bond acceptors (Lipinski definition) is 3. The molecule has 1 N–H and O–H groups in total. The molecule has 2 heterocycles. The van der Waals surface area contributed by atoms with E-state index in [1.54, 1.807) is 6.20 Å². The maximum atomic E-state index is 13.7. The Bertz CT molecular complexity index is 722. The molecule has 0 spiro atoms. The molecule has 1 aromatic heterocycles. The first kappa shape index (κ1) is 19.4. The summed E-state index contributed by atoms with van der Waals surface area (Å²) < 4.78 is 15.5. The van der Waals surface area contributed by atoms with Crippen LogP contribution in [0.1, 0.15) is 68.9 Å². The quantitative estimate of drug-likeness (QED) is 0.841. The van der Waals surface area contributed by atoms with Gasteiger partial charge in [-0.05, 0) is 64.2 Å². The Morgan fingerprint density at radius 3 is 2.64 bits per heavy atom. The molecule has 0 radical (unpaired) electrons. The van der Waals surface area contributed by atoms with Crippen molar-refractivity contribution >= 4 is 11.8 Å². The van der Waals surface area contributed by atoms with Crippen LogP contribution in [0.2, 0.25) is 0 Å². The Hall–Kier alpha value is -1.92. The highest BCUT2D eigenvalue weighted by Crippen LogP contribution is 2.47. The highest BCUT2D eigenvalue weighted by molar-refractivity contribution is 5.91. The number of alkyl halides is 1. The normalized spacial score (nSPS) is 27.4. The predicted octanol–water partition coefficient (Wildman–Crippen LogP) is 2.93. The summed E-state index contributed by atoms with van der Waals surface area (Å²) in [4.78, 5) is 31.6. The van der Waals surface area contributed by atoms with Crippen molar-refractivity contribution in [2.24, 2.45) is 11.8 Å². The van der Waals surface area contributed by atoms with Crippen LogP contribution in [0, 0.1) is 11.8 Å². The van der Waals surface area contributed by atoms with Gasteiger partial charge in [0.2, 0.25) is 5.91 Å². The summed E-state index contributed by atoms with van der Waals surface area (Å²) in [6, 6.07) is 0. The number of amides is 2. The fraction of sp³-hybridized carbons (Fsp3) is 0.762. The maximum Gasteiger partial charge on any atom is 0.289 e. The number of aryl methyl sites for hydroxylation is 1. The second-order valence-electron chi connectivity index (χ2n) is 8.71. The van der Waals surface area contributed by atoms with E-state index in [2.05, 4.69) is 10.3 Å². The van der Waals surface area contributed by atoms with Crippen molar-refractivity contribution in [1.29, 1.82) is 0 Å². The summed E-state index contributed by atoms with van der Waals surface area (Å²) in [5.74, 6) is 0.777. The van der Waals surface area contributed by atoms with Gasteiger partial charge in [-0.2, -0.15) is 0 Å². The second kappa shape index (κ2) is 7.84. The molecule has 1 aromatic rings. The van der Waals surface area contributed by atoms with Crippen LogP contribution in [-0.4, -0.2) is 51.1 Å². The molecule has 2 unspecified atom stereocenters. The smallest absolute Gasteiger partial charge is 0.289 e. The highest BCUT2D eigenvalue weighted by atomic mass is 19.1. The summed E-state index contributed by atoms with van der Waals surface area (Å²) >= 11 is 0. The van der Waals surface area contributed by atoms with E-state index < -0.39 is 6.17 Å². The van der Waals surface area contributed by atoms with Gasteiger partial charge < -0.3 is 14.8 Å². The average Bonchev–Trinajstić information content (AvgIpc) is 3.33. The van der Waals surface area contributed by atoms with Gasteiger partial charge in [0.25, 0.3) is 5.91 Å². The molecule has 2 aliphatic carbocycles. The standard InChI is InChI=1S/C21H31FN4O2/c1-2-25-13-10-23-18(25)20(28)26-11-6-16(7-12-26)21(8-9-21)24-19(27)15-4-3-5-17(22)14-15/h10,13,15-17H,2-9,11-12,14H2,1H3,(H,24,27). The van der Waals surface area contributed by atoms with Crippen molar-refractivity contribution in [3.8, 4) is 0 Å². The molecule has 154 valence electrons. The van der Waals surface area contributed by atoms with Crippen LogP contribution in [-0.2, 0) is 11.3 Å². The summed E-state index contributed by atoms with van der Waals surface area (Å²) in [5, 5.41) is 3.29. The van der Waals surface area contributed by atoms with Gasteiger partial charge in [0.05, 0.1) is 0 Å². The summed E-state index contributed by atoms with van der Waals surface area (Å²) in [7, 11) is 0. The van der Waals surface area contributed by atoms with Gasteiger partial charge >= 0.3 is 0 Å². The maximum absolute atomic E-state index is 13.7. The molecule has 2 amide bonds. The molecular weight excluding hydrogens is 359 g/mol. The third kappa shape index (κ3) is 3.80. The first-order valence-corrected chi connectivity index (χ1v) is 10.8. The molecule has 0 aromatic carbocycles. The third-order valence-corrected chi connectivity index (χ3v) is 6.95. The third-order valence-electron chi connectivity index (χ3n) is 6.95. The minimum Gasteiger partial charge on any atom is -0.350 e. The lowest BCUT2D eigenvalue weighted by molar-refractivity contribution is -0.128. The van der Waals surface area contributed by atoms with Crippen LogP contribution in [0.15, 0.2) is 12.4 Å². The van der Waals surface area contributed by atoms with Gasteiger partial charge in [0.15, 0.2) is 5.82 Å². The largest absolute Gasteiger partial charge is 0.350 e. The highest BCUT2D eigenvalue weighted by Gasteiger charge is 2.51. The van der Waals surface area contributed by atoms with Crippen molar-refractivity contribution < 1.29 is 14.0 Å². The molecule has 1 aliphatic heterocycles. The van der Waals surface area contributed by atoms with Crippen LogP contribution in [0.4, 0.5) is 4.39 Å². The zero-order valence-electron chi connectivity index (χ0n) is 16.7. The molecular formula is C21H31FN4O2. The number of carbonyl (C=O) groups is 2. The summed E-state index contributed by atoms with van der Waals surface area (Å²) in [6.45, 7) is 4.14. The van der Waals surface area contributed by atoms with Crippen LogP contribution >= 0.6 is 0 Å². The number of hydrogen-bond donors (Lipinski definition) is 1. The number of aromatic nitrogens is 2. The van der Waals surface area contributed by atoms with Gasteiger partial charge in [-0.25, -0.2) is 9.37 Å². The van der Waals surface area contributed by atoms with Gasteiger partial charge in [-0.15, -0.1) is 0 Å². The van der Waals surface area contributed by atoms with E-state index in [0.29, 0.717) is 37.7 Å². The first-order chi connectivity index (χ1) is 13.5. The number of nitrogens with zero attached hydrogens (tertiary/aromatic N) is 3. The lowest BCUT2D eigenvalue weighted by atomic mass is 9.84. The minimum atomic E-state index is -0.829. The van der Waals surface area contributed by atoms with Crippen molar-refractivity contribution in [2.75, 3.05) is 13.1 Å². The summed E-state index contributed by atoms with van der Waals surface area (Å²) in [6.07, 6.45) is 9.06. The number of nitrogens with one attached hydrogen (secondary N) is 1. The van der Waals surface area contributed by atoms with E-state index in [0.717, 1.165) is 45.1 Å². The Morgan fingerprint density at radius 2 is 2.00 bits per heavy atom. The first-order valence-electron chi connectivity index (χ1n) is 10.8. The fourth-order valence-electron chi connectivity index (χ4n) is 5.02. The van der Waals surface area contributed by atoms with E-state index in [1.165, 1.54) is 0 Å². The Kier molecular flexibility index (Phi) is 5.43. The molecule has 4 rings (SSSR count). The molecule has 1 saturated heterocycles. The number of rotatable bonds is 5. The Morgan fingerprint density at radius 1 is 1.25 bits per heavy atom. The zero-order chi connectivity index (χ0) is 19.7. The fourth-order valence-corrected chi connectivity index (χ4v) is 5.02. The molecule has 6 nitrogen and oxygen atoms in total. The van der Waals surface area contributed by atoms with E-state index in [9.17, 15) is 14.0 Å². The molecule has 3 fully saturated rings. The van der Waals surface area contributed by atoms with E-state index >= 15 is 0 Å². The monoisotopic (exact) mass is 390 g/mol. The second-order valence-corrected chi connectivity index (χ2v) is 8.71.